The summed E-state index contributed by atoms with van der Waals surface area (Å²) in [6.07, 6.45) is 1.65. The van der Waals surface area contributed by atoms with E-state index in [2.05, 4.69) is 0 Å². The molecule has 1 aromatic carbocycles. The molecule has 0 amide bonds. The lowest BCUT2D eigenvalue weighted by Crippen LogP contribution is -2.33. The van der Waals surface area contributed by atoms with E-state index in [9.17, 15) is 8.42 Å². The van der Waals surface area contributed by atoms with E-state index in [0.29, 0.717) is 5.75 Å². The fourth-order valence-corrected chi connectivity index (χ4v) is 4.20. The highest BCUT2D eigenvalue weighted by molar-refractivity contribution is 7.91. The van der Waals surface area contributed by atoms with Crippen LogP contribution in [-0.2, 0) is 9.84 Å². The summed E-state index contributed by atoms with van der Waals surface area (Å²) in [6, 6.07) is 7.88. The lowest BCUT2D eigenvalue weighted by Gasteiger charge is -2.27. The zero-order chi connectivity index (χ0) is 12.5. The Labute approximate surface area is 103 Å². The molecule has 0 spiro atoms. The molecule has 17 heavy (non-hydrogen) atoms. The van der Waals surface area contributed by atoms with Crippen LogP contribution in [0.15, 0.2) is 24.3 Å². The first kappa shape index (κ1) is 12.6. The zero-order valence-electron chi connectivity index (χ0n) is 10.1. The van der Waals surface area contributed by atoms with Gasteiger partial charge in [0, 0.05) is 6.04 Å². The maximum atomic E-state index is 11.6. The molecule has 4 heteroatoms. The largest absolute Gasteiger partial charge is 0.324 e. The second kappa shape index (κ2) is 4.78. The second-order valence-electron chi connectivity index (χ2n) is 4.95. The molecule has 2 atom stereocenters. The lowest BCUT2D eigenvalue weighted by atomic mass is 9.91. The van der Waals surface area contributed by atoms with Crippen LogP contribution < -0.4 is 5.73 Å². The SMILES string of the molecule is Cc1ccc(C(N)C2CCCS(=O)(=O)C2)cc1. The molecule has 1 aliphatic heterocycles. The van der Waals surface area contributed by atoms with Gasteiger partial charge in [0.2, 0.25) is 0 Å². The summed E-state index contributed by atoms with van der Waals surface area (Å²) in [5.74, 6) is 0.628. The monoisotopic (exact) mass is 253 g/mol. The number of rotatable bonds is 2. The average Bonchev–Trinajstić information content (AvgIpc) is 2.28. The smallest absolute Gasteiger partial charge is 0.150 e. The van der Waals surface area contributed by atoms with Crippen LogP contribution >= 0.6 is 0 Å². The van der Waals surface area contributed by atoms with Crippen LogP contribution in [0.3, 0.4) is 0 Å². The van der Waals surface area contributed by atoms with E-state index in [0.717, 1.165) is 18.4 Å². The van der Waals surface area contributed by atoms with Gasteiger partial charge in [-0.2, -0.15) is 0 Å². The van der Waals surface area contributed by atoms with Crippen molar-refractivity contribution < 1.29 is 8.42 Å². The first-order valence-electron chi connectivity index (χ1n) is 6.00. The maximum Gasteiger partial charge on any atom is 0.150 e. The molecule has 1 aliphatic rings. The molecular formula is C13H19NO2S. The Morgan fingerprint density at radius 1 is 1.29 bits per heavy atom. The maximum absolute atomic E-state index is 11.6. The van der Waals surface area contributed by atoms with E-state index in [4.69, 9.17) is 5.73 Å². The summed E-state index contributed by atoms with van der Waals surface area (Å²) >= 11 is 0. The first-order chi connectivity index (χ1) is 7.98. The van der Waals surface area contributed by atoms with Gasteiger partial charge in [-0.05, 0) is 31.2 Å². The van der Waals surface area contributed by atoms with Gasteiger partial charge in [0.15, 0.2) is 9.84 Å². The van der Waals surface area contributed by atoms with Crippen molar-refractivity contribution in [2.75, 3.05) is 11.5 Å². The summed E-state index contributed by atoms with van der Waals surface area (Å²) in [5, 5.41) is 0. The van der Waals surface area contributed by atoms with E-state index < -0.39 is 9.84 Å². The number of hydrogen-bond acceptors (Lipinski definition) is 3. The molecule has 0 aliphatic carbocycles. The van der Waals surface area contributed by atoms with Gasteiger partial charge >= 0.3 is 0 Å². The standard InChI is InChI=1S/C13H19NO2S/c1-10-4-6-11(7-5-10)13(14)12-3-2-8-17(15,16)9-12/h4-7,12-13H,2-3,8-9,14H2,1H3. The summed E-state index contributed by atoms with van der Waals surface area (Å²) in [7, 11) is -2.87. The molecule has 2 unspecified atom stereocenters. The highest BCUT2D eigenvalue weighted by Gasteiger charge is 2.29. The van der Waals surface area contributed by atoms with Crippen molar-refractivity contribution in [3.8, 4) is 0 Å². The summed E-state index contributed by atoms with van der Waals surface area (Å²) in [5.41, 5.74) is 8.41. The molecule has 0 radical (unpaired) electrons. The number of sulfone groups is 1. The lowest BCUT2D eigenvalue weighted by molar-refractivity contribution is 0.415. The average molecular weight is 253 g/mol. The third-order valence-electron chi connectivity index (χ3n) is 3.47. The molecule has 2 N–H and O–H groups in total. The van der Waals surface area contributed by atoms with Crippen LogP contribution in [0.2, 0.25) is 0 Å². The Morgan fingerprint density at radius 3 is 2.53 bits per heavy atom. The van der Waals surface area contributed by atoms with Gasteiger partial charge in [-0.15, -0.1) is 0 Å². The molecule has 0 saturated carbocycles. The van der Waals surface area contributed by atoms with Gasteiger partial charge in [0.25, 0.3) is 0 Å². The molecule has 2 rings (SSSR count). The molecular weight excluding hydrogens is 234 g/mol. The van der Waals surface area contributed by atoms with Gasteiger partial charge in [0.1, 0.15) is 0 Å². The predicted molar refractivity (Wildman–Crippen MR) is 69.5 cm³/mol. The zero-order valence-corrected chi connectivity index (χ0v) is 10.9. The van der Waals surface area contributed by atoms with Crippen LogP contribution in [0.25, 0.3) is 0 Å². The van der Waals surface area contributed by atoms with E-state index in [1.165, 1.54) is 5.56 Å². The Bertz CT molecular complexity index is 479. The number of benzene rings is 1. The normalized spacial score (nSPS) is 25.4. The Hall–Kier alpha value is -0.870. The van der Waals surface area contributed by atoms with Crippen LogP contribution in [0.4, 0.5) is 0 Å². The van der Waals surface area contributed by atoms with Crippen LogP contribution in [-0.4, -0.2) is 19.9 Å². The Balaban J connectivity index is 2.14. The highest BCUT2D eigenvalue weighted by Crippen LogP contribution is 2.29. The minimum absolute atomic E-state index is 0.0662. The fraction of sp³-hybridized carbons (Fsp3) is 0.538. The molecule has 0 bridgehead atoms. The minimum atomic E-state index is -2.87. The van der Waals surface area contributed by atoms with Gasteiger partial charge in [-0.1, -0.05) is 29.8 Å². The number of hydrogen-bond donors (Lipinski definition) is 1. The van der Waals surface area contributed by atoms with Crippen molar-refractivity contribution in [3.63, 3.8) is 0 Å². The molecule has 94 valence electrons. The summed E-state index contributed by atoms with van der Waals surface area (Å²) in [4.78, 5) is 0. The van der Waals surface area contributed by atoms with Crippen molar-refractivity contribution >= 4 is 9.84 Å². The van der Waals surface area contributed by atoms with Crippen molar-refractivity contribution in [2.24, 2.45) is 11.7 Å². The van der Waals surface area contributed by atoms with Gasteiger partial charge in [-0.3, -0.25) is 0 Å². The van der Waals surface area contributed by atoms with Crippen molar-refractivity contribution in [2.45, 2.75) is 25.8 Å². The number of aryl methyl sites for hydroxylation is 1. The highest BCUT2D eigenvalue weighted by atomic mass is 32.2. The Kier molecular flexibility index (Phi) is 3.54. The minimum Gasteiger partial charge on any atom is -0.324 e. The molecule has 1 fully saturated rings. The predicted octanol–water partition coefficient (Wildman–Crippen LogP) is 1.82. The van der Waals surface area contributed by atoms with E-state index in [1.807, 2.05) is 31.2 Å². The van der Waals surface area contributed by atoms with Crippen LogP contribution in [0.5, 0.6) is 0 Å². The van der Waals surface area contributed by atoms with Crippen molar-refractivity contribution in [1.82, 2.24) is 0 Å². The third-order valence-corrected chi connectivity index (χ3v) is 5.32. The topological polar surface area (TPSA) is 60.2 Å². The third kappa shape index (κ3) is 3.07. The van der Waals surface area contributed by atoms with Crippen LogP contribution in [0, 0.1) is 12.8 Å². The van der Waals surface area contributed by atoms with Crippen molar-refractivity contribution in [3.05, 3.63) is 35.4 Å². The fourth-order valence-electron chi connectivity index (χ4n) is 2.40. The molecule has 0 aromatic heterocycles. The molecule has 1 aromatic rings. The van der Waals surface area contributed by atoms with Gasteiger partial charge in [0.05, 0.1) is 11.5 Å². The summed E-state index contributed by atoms with van der Waals surface area (Å²) < 4.78 is 23.2. The van der Waals surface area contributed by atoms with E-state index >= 15 is 0 Å². The number of nitrogens with two attached hydrogens (primary N) is 1. The van der Waals surface area contributed by atoms with Crippen LogP contribution in [0.1, 0.15) is 30.0 Å². The molecule has 3 nitrogen and oxygen atoms in total. The van der Waals surface area contributed by atoms with Gasteiger partial charge < -0.3 is 5.73 Å². The van der Waals surface area contributed by atoms with E-state index in [1.54, 1.807) is 0 Å². The first-order valence-corrected chi connectivity index (χ1v) is 7.83. The second-order valence-corrected chi connectivity index (χ2v) is 7.18. The quantitative estimate of drug-likeness (QED) is 0.874. The van der Waals surface area contributed by atoms with Gasteiger partial charge in [-0.25, -0.2) is 8.42 Å². The Morgan fingerprint density at radius 2 is 1.94 bits per heavy atom. The van der Waals surface area contributed by atoms with E-state index in [-0.39, 0.29) is 17.7 Å². The molecule has 1 saturated heterocycles. The molecule has 1 heterocycles. The van der Waals surface area contributed by atoms with Crippen molar-refractivity contribution in [1.29, 1.82) is 0 Å². The summed E-state index contributed by atoms with van der Waals surface area (Å²) in [6.45, 7) is 2.03.